The fourth-order valence-electron chi connectivity index (χ4n) is 5.19. The van der Waals surface area contributed by atoms with E-state index in [9.17, 15) is 4.79 Å². The maximum Gasteiger partial charge on any atom is 0.220 e. The predicted molar refractivity (Wildman–Crippen MR) is 88.5 cm³/mol. The summed E-state index contributed by atoms with van der Waals surface area (Å²) < 4.78 is 6.01. The molecule has 3 rings (SSSR count). The van der Waals surface area contributed by atoms with Gasteiger partial charge in [-0.3, -0.25) is 4.79 Å². The molecule has 1 N–H and O–H groups in total. The zero-order valence-electron chi connectivity index (χ0n) is 14.6. The van der Waals surface area contributed by atoms with Gasteiger partial charge in [-0.25, -0.2) is 0 Å². The van der Waals surface area contributed by atoms with E-state index in [-0.39, 0.29) is 17.4 Å². The average molecular weight is 307 g/mol. The van der Waals surface area contributed by atoms with Crippen molar-refractivity contribution < 1.29 is 9.53 Å². The Morgan fingerprint density at radius 3 is 2.59 bits per heavy atom. The van der Waals surface area contributed by atoms with Crippen LogP contribution in [0.1, 0.15) is 65.7 Å². The van der Waals surface area contributed by atoms with Gasteiger partial charge in [-0.1, -0.05) is 27.2 Å². The first-order valence-electron chi connectivity index (χ1n) is 9.32. The highest BCUT2D eigenvalue weighted by molar-refractivity contribution is 5.76. The van der Waals surface area contributed by atoms with E-state index in [0.717, 1.165) is 37.8 Å². The van der Waals surface area contributed by atoms with E-state index in [1.165, 1.54) is 32.1 Å². The highest BCUT2D eigenvalue weighted by Crippen LogP contribution is 2.49. The minimum atomic E-state index is 0.153. The summed E-state index contributed by atoms with van der Waals surface area (Å²) in [5, 5.41) is 3.22. The van der Waals surface area contributed by atoms with Crippen LogP contribution in [0, 0.1) is 29.1 Å². The van der Waals surface area contributed by atoms with Crippen molar-refractivity contribution in [3.63, 3.8) is 0 Å². The molecule has 0 unspecified atom stereocenters. The van der Waals surface area contributed by atoms with Gasteiger partial charge in [0.25, 0.3) is 0 Å². The molecule has 2 aliphatic carbocycles. The number of hydrogen-bond donors (Lipinski definition) is 1. The van der Waals surface area contributed by atoms with Crippen molar-refractivity contribution in [1.82, 2.24) is 5.32 Å². The van der Waals surface area contributed by atoms with E-state index in [1.54, 1.807) is 0 Å². The molecule has 22 heavy (non-hydrogen) atoms. The molecular weight excluding hydrogens is 274 g/mol. The van der Waals surface area contributed by atoms with Gasteiger partial charge in [0, 0.05) is 25.5 Å². The lowest BCUT2D eigenvalue weighted by Crippen LogP contribution is -2.45. The van der Waals surface area contributed by atoms with Crippen LogP contribution in [0.3, 0.4) is 0 Å². The number of hydrogen-bond acceptors (Lipinski definition) is 2. The minimum Gasteiger partial charge on any atom is -0.377 e. The zero-order chi connectivity index (χ0) is 15.7. The van der Waals surface area contributed by atoms with Gasteiger partial charge in [-0.2, -0.15) is 0 Å². The Hall–Kier alpha value is -0.570. The lowest BCUT2D eigenvalue weighted by molar-refractivity contribution is -0.124. The molecule has 0 spiro atoms. The number of carbonyl (C=O) groups is 1. The summed E-state index contributed by atoms with van der Waals surface area (Å²) in [5.41, 5.74) is 0.153. The molecule has 0 radical (unpaired) electrons. The summed E-state index contributed by atoms with van der Waals surface area (Å²) in [6, 6.07) is 0. The largest absolute Gasteiger partial charge is 0.377 e. The standard InChI is InChI=1S/C19H33NO2/c1-19(2,3)18-15(5-4-8-22-18)12-20-17(21)11-16-10-13-6-7-14(16)9-13/h13-16,18H,4-12H2,1-3H3,(H,20,21)/t13-,14-,15-,16+,18+/m0/s1. The van der Waals surface area contributed by atoms with Crippen molar-refractivity contribution in [2.24, 2.45) is 29.1 Å². The predicted octanol–water partition coefficient (Wildman–Crippen LogP) is 3.77. The molecular formula is C19H33NO2. The molecule has 1 saturated heterocycles. The van der Waals surface area contributed by atoms with Gasteiger partial charge in [0.15, 0.2) is 0 Å². The molecule has 0 aromatic rings. The van der Waals surface area contributed by atoms with Crippen molar-refractivity contribution in [1.29, 1.82) is 0 Å². The van der Waals surface area contributed by atoms with Gasteiger partial charge < -0.3 is 10.1 Å². The van der Waals surface area contributed by atoms with Crippen molar-refractivity contribution in [2.45, 2.75) is 71.8 Å². The van der Waals surface area contributed by atoms with Crippen molar-refractivity contribution in [3.05, 3.63) is 0 Å². The smallest absolute Gasteiger partial charge is 0.220 e. The third kappa shape index (κ3) is 3.67. The Balaban J connectivity index is 1.45. The van der Waals surface area contributed by atoms with Crippen LogP contribution in [0.5, 0.6) is 0 Å². The number of nitrogens with one attached hydrogen (secondary N) is 1. The second kappa shape index (κ2) is 6.51. The first-order chi connectivity index (χ1) is 10.4. The summed E-state index contributed by atoms with van der Waals surface area (Å²) in [6.07, 6.45) is 8.80. The monoisotopic (exact) mass is 307 g/mol. The molecule has 2 bridgehead atoms. The zero-order valence-corrected chi connectivity index (χ0v) is 14.6. The van der Waals surface area contributed by atoms with Gasteiger partial charge in [0.05, 0.1) is 6.10 Å². The van der Waals surface area contributed by atoms with Crippen LogP contribution in [-0.2, 0) is 9.53 Å². The van der Waals surface area contributed by atoms with Gasteiger partial charge in [-0.15, -0.1) is 0 Å². The second-order valence-electron chi connectivity index (χ2n) is 9.00. The van der Waals surface area contributed by atoms with E-state index >= 15 is 0 Å². The van der Waals surface area contributed by atoms with Crippen molar-refractivity contribution in [2.75, 3.05) is 13.2 Å². The lowest BCUT2D eigenvalue weighted by Gasteiger charge is -2.40. The molecule has 126 valence electrons. The topological polar surface area (TPSA) is 38.3 Å². The molecule has 3 nitrogen and oxygen atoms in total. The highest BCUT2D eigenvalue weighted by atomic mass is 16.5. The molecule has 5 atom stereocenters. The molecule has 0 aromatic heterocycles. The Morgan fingerprint density at radius 2 is 1.95 bits per heavy atom. The third-order valence-corrected chi connectivity index (χ3v) is 6.19. The molecule has 3 heteroatoms. The Kier molecular flexibility index (Phi) is 4.82. The van der Waals surface area contributed by atoms with Crippen LogP contribution < -0.4 is 5.32 Å². The lowest BCUT2D eigenvalue weighted by atomic mass is 9.78. The molecule has 2 saturated carbocycles. The molecule has 1 amide bonds. The number of fused-ring (bicyclic) bond motifs is 2. The molecule has 1 heterocycles. The second-order valence-corrected chi connectivity index (χ2v) is 9.00. The maximum absolute atomic E-state index is 12.3. The first kappa shape index (κ1) is 16.3. The van der Waals surface area contributed by atoms with Crippen LogP contribution >= 0.6 is 0 Å². The minimum absolute atomic E-state index is 0.153. The van der Waals surface area contributed by atoms with Gasteiger partial charge in [-0.05, 0) is 55.3 Å². The SMILES string of the molecule is CC(C)(C)[C@@H]1OCCC[C@H]1CNC(=O)C[C@H]1C[C@H]2CC[C@H]1C2. The van der Waals surface area contributed by atoms with Crippen molar-refractivity contribution in [3.8, 4) is 0 Å². The normalized spacial score (nSPS) is 38.2. The summed E-state index contributed by atoms with van der Waals surface area (Å²) in [4.78, 5) is 12.3. The van der Waals surface area contributed by atoms with Crippen LogP contribution in [0.2, 0.25) is 0 Å². The van der Waals surface area contributed by atoms with Crippen LogP contribution in [0.15, 0.2) is 0 Å². The fourth-order valence-corrected chi connectivity index (χ4v) is 5.19. The third-order valence-electron chi connectivity index (χ3n) is 6.19. The van der Waals surface area contributed by atoms with Crippen molar-refractivity contribution >= 4 is 5.91 Å². The summed E-state index contributed by atoms with van der Waals surface area (Å²) in [6.45, 7) is 8.40. The molecule has 1 aliphatic heterocycles. The maximum atomic E-state index is 12.3. The number of amides is 1. The molecule has 0 aromatic carbocycles. The van der Waals surface area contributed by atoms with E-state index < -0.39 is 0 Å². The quantitative estimate of drug-likeness (QED) is 0.858. The number of carbonyl (C=O) groups excluding carboxylic acids is 1. The Morgan fingerprint density at radius 1 is 1.14 bits per heavy atom. The average Bonchev–Trinajstić information content (AvgIpc) is 3.07. The summed E-state index contributed by atoms with van der Waals surface area (Å²) in [5.74, 6) is 3.18. The van der Waals surface area contributed by atoms with E-state index in [1.807, 2.05) is 0 Å². The van der Waals surface area contributed by atoms with Gasteiger partial charge >= 0.3 is 0 Å². The van der Waals surface area contributed by atoms with Gasteiger partial charge in [0.2, 0.25) is 5.91 Å². The number of ether oxygens (including phenoxy) is 1. The highest BCUT2D eigenvalue weighted by Gasteiger charge is 2.40. The van der Waals surface area contributed by atoms with Crippen LogP contribution in [-0.4, -0.2) is 25.2 Å². The summed E-state index contributed by atoms with van der Waals surface area (Å²) in [7, 11) is 0. The van der Waals surface area contributed by atoms with E-state index in [4.69, 9.17) is 4.74 Å². The Labute approximate surface area is 135 Å². The fraction of sp³-hybridized carbons (Fsp3) is 0.947. The van der Waals surface area contributed by atoms with Gasteiger partial charge in [0.1, 0.15) is 0 Å². The van der Waals surface area contributed by atoms with E-state index in [2.05, 4.69) is 26.1 Å². The Bertz CT molecular complexity index is 401. The van der Waals surface area contributed by atoms with Crippen LogP contribution in [0.25, 0.3) is 0 Å². The summed E-state index contributed by atoms with van der Waals surface area (Å²) >= 11 is 0. The molecule has 3 aliphatic rings. The van der Waals surface area contributed by atoms with E-state index in [0.29, 0.717) is 11.8 Å². The van der Waals surface area contributed by atoms with Crippen LogP contribution in [0.4, 0.5) is 0 Å². The number of rotatable bonds is 4. The molecule has 3 fully saturated rings. The first-order valence-corrected chi connectivity index (χ1v) is 9.32.